The minimum atomic E-state index is -0.541. The summed E-state index contributed by atoms with van der Waals surface area (Å²) in [6.45, 7) is 0. The monoisotopic (exact) mass is 202 g/mol. The molecule has 0 aliphatic rings. The fourth-order valence-electron chi connectivity index (χ4n) is 1.01. The molecule has 0 aliphatic heterocycles. The Morgan fingerprint density at radius 2 is 2.27 bits per heavy atom. The van der Waals surface area contributed by atoms with E-state index in [4.69, 9.17) is 10.00 Å². The van der Waals surface area contributed by atoms with Gasteiger partial charge in [0.2, 0.25) is 0 Å². The Morgan fingerprint density at radius 3 is 2.80 bits per heavy atom. The van der Waals surface area contributed by atoms with Crippen LogP contribution in [0.5, 0.6) is 5.75 Å². The van der Waals surface area contributed by atoms with Crippen LogP contribution < -0.4 is 4.74 Å². The van der Waals surface area contributed by atoms with Crippen LogP contribution in [-0.2, 0) is 0 Å². The Kier molecular flexibility index (Phi) is 3.26. The molecule has 1 aromatic carbocycles. The predicted octanol–water partition coefficient (Wildman–Crippen LogP) is 1.48. The van der Waals surface area contributed by atoms with Gasteiger partial charge in [0.1, 0.15) is 0 Å². The van der Waals surface area contributed by atoms with E-state index < -0.39 is 4.92 Å². The first kappa shape index (κ1) is 10.6. The largest absolute Gasteiger partial charge is 0.490 e. The number of nitro groups is 1. The number of rotatable bonds is 2. The van der Waals surface area contributed by atoms with Gasteiger partial charge in [0.25, 0.3) is 0 Å². The van der Waals surface area contributed by atoms with Gasteiger partial charge in [-0.25, -0.2) is 0 Å². The van der Waals surface area contributed by atoms with E-state index in [1.165, 1.54) is 25.3 Å². The maximum atomic E-state index is 10.5. The van der Waals surface area contributed by atoms with Crippen LogP contribution in [0.1, 0.15) is 5.56 Å². The van der Waals surface area contributed by atoms with E-state index in [2.05, 4.69) is 11.8 Å². The van der Waals surface area contributed by atoms with Crippen LogP contribution in [0.3, 0.4) is 0 Å². The Bertz CT molecular complexity index is 492. The van der Waals surface area contributed by atoms with E-state index in [0.29, 0.717) is 5.56 Å². The summed E-state index contributed by atoms with van der Waals surface area (Å²) in [4.78, 5) is 10.0. The normalized spacial score (nSPS) is 8.27. The Labute approximate surface area is 86.0 Å². The lowest BCUT2D eigenvalue weighted by Crippen LogP contribution is -1.93. The highest BCUT2D eigenvalue weighted by molar-refractivity contribution is 5.52. The first-order valence-corrected chi connectivity index (χ1v) is 3.91. The van der Waals surface area contributed by atoms with Gasteiger partial charge in [0, 0.05) is 23.6 Å². The van der Waals surface area contributed by atoms with Crippen molar-refractivity contribution >= 4 is 5.69 Å². The van der Waals surface area contributed by atoms with Gasteiger partial charge in [-0.1, -0.05) is 5.92 Å². The maximum Gasteiger partial charge on any atom is 0.310 e. The molecule has 0 aromatic heterocycles. The second-order valence-corrected chi connectivity index (χ2v) is 2.51. The maximum absolute atomic E-state index is 10.5. The fourth-order valence-corrected chi connectivity index (χ4v) is 1.01. The molecule has 0 fully saturated rings. The average molecular weight is 202 g/mol. The van der Waals surface area contributed by atoms with Crippen molar-refractivity contribution in [3.05, 3.63) is 33.9 Å². The molecule has 0 spiro atoms. The van der Waals surface area contributed by atoms with Crippen molar-refractivity contribution in [1.29, 1.82) is 5.26 Å². The second kappa shape index (κ2) is 4.64. The number of ether oxygens (including phenoxy) is 1. The summed E-state index contributed by atoms with van der Waals surface area (Å²) in [5, 5.41) is 18.8. The lowest BCUT2D eigenvalue weighted by Gasteiger charge is -2.00. The molecule has 0 atom stereocenters. The molecule has 0 saturated heterocycles. The fraction of sp³-hybridized carbons (Fsp3) is 0.100. The van der Waals surface area contributed by atoms with Crippen molar-refractivity contribution in [2.24, 2.45) is 0 Å². The van der Waals surface area contributed by atoms with Crippen LogP contribution in [0.25, 0.3) is 0 Å². The molecule has 0 bridgehead atoms. The number of benzene rings is 1. The number of hydrogen-bond acceptors (Lipinski definition) is 4. The number of nitrogens with zero attached hydrogens (tertiary/aromatic N) is 2. The molecule has 5 nitrogen and oxygen atoms in total. The first-order valence-electron chi connectivity index (χ1n) is 3.91. The summed E-state index contributed by atoms with van der Waals surface area (Å²) < 4.78 is 4.83. The van der Waals surface area contributed by atoms with E-state index in [0.717, 1.165) is 0 Å². The molecule has 0 saturated carbocycles. The van der Waals surface area contributed by atoms with Gasteiger partial charge >= 0.3 is 5.69 Å². The first-order chi connectivity index (χ1) is 7.19. The molecule has 0 unspecified atom stereocenters. The number of nitro benzene ring substituents is 1. The number of methoxy groups -OCH3 is 1. The summed E-state index contributed by atoms with van der Waals surface area (Å²) >= 11 is 0. The molecule has 0 radical (unpaired) electrons. The van der Waals surface area contributed by atoms with Gasteiger partial charge in [-0.05, 0) is 6.07 Å². The van der Waals surface area contributed by atoms with E-state index in [1.54, 1.807) is 6.07 Å². The Balaban J connectivity index is 3.20. The Hall–Kier alpha value is -2.53. The molecule has 5 heteroatoms. The Morgan fingerprint density at radius 1 is 1.53 bits per heavy atom. The van der Waals surface area contributed by atoms with Crippen LogP contribution in [0.4, 0.5) is 5.69 Å². The van der Waals surface area contributed by atoms with E-state index in [1.807, 2.05) is 0 Å². The van der Waals surface area contributed by atoms with Crippen molar-refractivity contribution in [3.8, 4) is 23.7 Å². The molecule has 0 amide bonds. The lowest BCUT2D eigenvalue weighted by molar-refractivity contribution is -0.385. The molecule has 0 N–H and O–H groups in total. The zero-order valence-corrected chi connectivity index (χ0v) is 7.85. The van der Waals surface area contributed by atoms with Gasteiger partial charge in [-0.2, -0.15) is 5.26 Å². The van der Waals surface area contributed by atoms with Crippen LogP contribution in [0.2, 0.25) is 0 Å². The van der Waals surface area contributed by atoms with Crippen molar-refractivity contribution in [3.63, 3.8) is 0 Å². The van der Waals surface area contributed by atoms with Crippen molar-refractivity contribution in [2.75, 3.05) is 7.11 Å². The van der Waals surface area contributed by atoms with Gasteiger partial charge < -0.3 is 4.74 Å². The zero-order chi connectivity index (χ0) is 11.3. The van der Waals surface area contributed by atoms with E-state index in [9.17, 15) is 10.1 Å². The van der Waals surface area contributed by atoms with Crippen LogP contribution in [0.15, 0.2) is 18.2 Å². The zero-order valence-electron chi connectivity index (χ0n) is 7.85. The summed E-state index contributed by atoms with van der Waals surface area (Å²) in [7, 11) is 1.34. The highest BCUT2D eigenvalue weighted by Crippen LogP contribution is 2.26. The van der Waals surface area contributed by atoms with Crippen molar-refractivity contribution in [2.45, 2.75) is 0 Å². The summed E-state index contributed by atoms with van der Waals surface area (Å²) in [5.74, 6) is 4.85. The minimum Gasteiger partial charge on any atom is -0.490 e. The quantitative estimate of drug-likeness (QED) is 0.413. The third-order valence-electron chi connectivity index (χ3n) is 1.64. The highest BCUT2D eigenvalue weighted by Gasteiger charge is 2.13. The summed E-state index contributed by atoms with van der Waals surface area (Å²) in [6, 6.07) is 5.83. The van der Waals surface area contributed by atoms with Crippen LogP contribution in [-0.4, -0.2) is 12.0 Å². The molecular formula is C10H6N2O3. The molecule has 0 heterocycles. The SMILES string of the molecule is COc1cc(C#CC#N)ccc1[N+](=O)[O-]. The minimum absolute atomic E-state index is 0.125. The van der Waals surface area contributed by atoms with Gasteiger partial charge in [0.05, 0.1) is 12.0 Å². The molecule has 15 heavy (non-hydrogen) atoms. The molecule has 74 valence electrons. The third-order valence-corrected chi connectivity index (χ3v) is 1.64. The molecule has 0 aliphatic carbocycles. The smallest absolute Gasteiger partial charge is 0.310 e. The summed E-state index contributed by atoms with van der Waals surface area (Å²) in [6.07, 6.45) is 0. The highest BCUT2D eigenvalue weighted by atomic mass is 16.6. The van der Waals surface area contributed by atoms with Gasteiger partial charge in [-0.3, -0.25) is 10.1 Å². The summed E-state index contributed by atoms with van der Waals surface area (Å²) in [5.41, 5.74) is 0.374. The number of hydrogen-bond donors (Lipinski definition) is 0. The molecule has 1 rings (SSSR count). The average Bonchev–Trinajstić information content (AvgIpc) is 2.25. The topological polar surface area (TPSA) is 76.2 Å². The van der Waals surface area contributed by atoms with Crippen molar-refractivity contribution in [1.82, 2.24) is 0 Å². The lowest BCUT2D eigenvalue weighted by atomic mass is 10.2. The second-order valence-electron chi connectivity index (χ2n) is 2.51. The number of nitriles is 1. The van der Waals surface area contributed by atoms with E-state index >= 15 is 0 Å². The van der Waals surface area contributed by atoms with E-state index in [-0.39, 0.29) is 11.4 Å². The van der Waals surface area contributed by atoms with Gasteiger partial charge in [0.15, 0.2) is 11.8 Å². The van der Waals surface area contributed by atoms with Gasteiger partial charge in [-0.15, -0.1) is 0 Å². The predicted molar refractivity (Wildman–Crippen MR) is 52.1 cm³/mol. The standard InChI is InChI=1S/C10H6N2O3/c1-15-10-7-8(3-2-6-11)4-5-9(10)12(13)14/h4-5,7H,1H3. The third kappa shape index (κ3) is 2.45. The van der Waals surface area contributed by atoms with Crippen LogP contribution >= 0.6 is 0 Å². The van der Waals surface area contributed by atoms with Crippen molar-refractivity contribution < 1.29 is 9.66 Å². The van der Waals surface area contributed by atoms with Crippen LogP contribution in [0, 0.1) is 33.3 Å². The molecular weight excluding hydrogens is 196 g/mol. The molecule has 1 aromatic rings.